The number of H-pyrrole nitrogens is 1. The number of hydrogen-bond acceptors (Lipinski definition) is 2. The summed E-state index contributed by atoms with van der Waals surface area (Å²) in [7, 11) is -2.48. The zero-order valence-electron chi connectivity index (χ0n) is 6.53. The summed E-state index contributed by atoms with van der Waals surface area (Å²) in [6, 6.07) is 1.77. The first-order chi connectivity index (χ1) is 5.59. The third-order valence-electron chi connectivity index (χ3n) is 1.79. The van der Waals surface area contributed by atoms with Gasteiger partial charge < -0.3 is 4.98 Å². The fraction of sp³-hybridized carbons (Fsp3) is 0.286. The Labute approximate surface area is 70.2 Å². The molecule has 0 bridgehead atoms. The number of aromatic nitrogens is 1. The summed E-state index contributed by atoms with van der Waals surface area (Å²) in [6.45, 7) is 0. The summed E-state index contributed by atoms with van der Waals surface area (Å²) in [5, 5.41) is 0.599. The Kier molecular flexibility index (Phi) is 1.38. The summed E-state index contributed by atoms with van der Waals surface area (Å²) < 4.78 is 15.3. The number of nitrogens with one attached hydrogen (secondary N) is 1. The first kappa shape index (κ1) is 7.54. The maximum Gasteiger partial charge on any atom is 0.258 e. The molecule has 5 heteroatoms. The fourth-order valence-electron chi connectivity index (χ4n) is 1.31. The van der Waals surface area contributed by atoms with Crippen molar-refractivity contribution >= 4 is 15.6 Å². The van der Waals surface area contributed by atoms with Crippen LogP contribution in [-0.4, -0.2) is 21.4 Å². The number of carbonyl (C=O) groups excluding carboxylic acids is 1. The van der Waals surface area contributed by atoms with E-state index in [1.807, 2.05) is 0 Å². The third kappa shape index (κ3) is 0.972. The number of carbonyl (C=O) groups is 1. The summed E-state index contributed by atoms with van der Waals surface area (Å²) in [4.78, 5) is 13.8. The highest BCUT2D eigenvalue weighted by molar-refractivity contribution is 7.93. The van der Waals surface area contributed by atoms with E-state index in [1.165, 1.54) is 6.26 Å². The van der Waals surface area contributed by atoms with Gasteiger partial charge in [-0.2, -0.15) is 4.36 Å². The standard InChI is InChI=1S/C7H8N2O2S/c1-12(11)7-5(2-3-8-7)4-6(10)9-12/h2-3,8H,4H2,1H3. The molecule has 12 heavy (non-hydrogen) atoms. The van der Waals surface area contributed by atoms with Crippen LogP contribution in [-0.2, 0) is 20.9 Å². The van der Waals surface area contributed by atoms with E-state index in [1.54, 1.807) is 12.3 Å². The van der Waals surface area contributed by atoms with Gasteiger partial charge in [0.2, 0.25) is 0 Å². The van der Waals surface area contributed by atoms with Crippen molar-refractivity contribution in [3.63, 3.8) is 0 Å². The van der Waals surface area contributed by atoms with Crippen molar-refractivity contribution in [2.75, 3.05) is 6.26 Å². The van der Waals surface area contributed by atoms with Crippen molar-refractivity contribution in [2.24, 2.45) is 4.36 Å². The van der Waals surface area contributed by atoms with Gasteiger partial charge in [-0.1, -0.05) is 0 Å². The van der Waals surface area contributed by atoms with Crippen LogP contribution < -0.4 is 0 Å². The highest BCUT2D eigenvalue weighted by Gasteiger charge is 2.21. The minimum absolute atomic E-state index is 0.268. The molecule has 0 saturated carbocycles. The number of rotatable bonds is 0. The maximum atomic E-state index is 11.7. The molecule has 4 nitrogen and oxygen atoms in total. The van der Waals surface area contributed by atoms with Crippen molar-refractivity contribution in [1.29, 1.82) is 0 Å². The molecule has 0 radical (unpaired) electrons. The van der Waals surface area contributed by atoms with Crippen LogP contribution in [0.5, 0.6) is 0 Å². The van der Waals surface area contributed by atoms with E-state index >= 15 is 0 Å². The molecule has 1 N–H and O–H groups in total. The van der Waals surface area contributed by atoms with Gasteiger partial charge in [-0.3, -0.25) is 4.79 Å². The van der Waals surface area contributed by atoms with E-state index < -0.39 is 9.73 Å². The van der Waals surface area contributed by atoms with Crippen molar-refractivity contribution in [2.45, 2.75) is 11.4 Å². The zero-order chi connectivity index (χ0) is 8.77. The van der Waals surface area contributed by atoms with Gasteiger partial charge in [-0.25, -0.2) is 4.21 Å². The lowest BCUT2D eigenvalue weighted by Crippen LogP contribution is -2.13. The van der Waals surface area contributed by atoms with E-state index in [0.717, 1.165) is 5.56 Å². The average Bonchev–Trinajstić information content (AvgIpc) is 2.32. The Morgan fingerprint density at radius 3 is 3.17 bits per heavy atom. The van der Waals surface area contributed by atoms with E-state index in [4.69, 9.17) is 0 Å². The first-order valence-corrected chi connectivity index (χ1v) is 5.43. The number of nitrogens with zero attached hydrogens (tertiary/aromatic N) is 1. The van der Waals surface area contributed by atoms with Crippen molar-refractivity contribution in [1.82, 2.24) is 4.98 Å². The predicted octanol–water partition coefficient (Wildman–Crippen LogP) is 0.554. The van der Waals surface area contributed by atoms with Crippen LogP contribution in [0.4, 0.5) is 0 Å². The molecule has 1 amide bonds. The SMILES string of the molecule is CS1(=O)=NC(=O)Cc2cc[nH]c21. The Morgan fingerprint density at radius 1 is 1.67 bits per heavy atom. The first-order valence-electron chi connectivity index (χ1n) is 3.51. The normalized spacial score (nSPS) is 27.9. The van der Waals surface area contributed by atoms with Crippen molar-refractivity contribution in [3.05, 3.63) is 17.8 Å². The smallest absolute Gasteiger partial charge is 0.258 e. The molecular weight excluding hydrogens is 176 g/mol. The molecule has 2 heterocycles. The Hall–Kier alpha value is -1.10. The average molecular weight is 184 g/mol. The van der Waals surface area contributed by atoms with Crippen LogP contribution in [0.15, 0.2) is 21.7 Å². The van der Waals surface area contributed by atoms with E-state index in [9.17, 15) is 9.00 Å². The van der Waals surface area contributed by atoms with Crippen LogP contribution in [0.2, 0.25) is 0 Å². The monoisotopic (exact) mass is 184 g/mol. The van der Waals surface area contributed by atoms with E-state index in [2.05, 4.69) is 9.35 Å². The molecule has 1 aliphatic rings. The molecule has 0 fully saturated rings. The molecule has 1 aliphatic heterocycles. The second-order valence-corrected chi connectivity index (χ2v) is 4.99. The highest BCUT2D eigenvalue weighted by Crippen LogP contribution is 2.20. The summed E-state index contributed by atoms with van der Waals surface area (Å²) in [5.74, 6) is -0.297. The molecule has 0 aromatic carbocycles. The number of hydrogen-bond donors (Lipinski definition) is 1. The molecule has 0 spiro atoms. The van der Waals surface area contributed by atoms with Crippen molar-refractivity contribution in [3.8, 4) is 0 Å². The lowest BCUT2D eigenvalue weighted by molar-refractivity contribution is -0.117. The van der Waals surface area contributed by atoms with E-state index in [0.29, 0.717) is 5.03 Å². The molecule has 64 valence electrons. The van der Waals surface area contributed by atoms with Gasteiger partial charge in [0.25, 0.3) is 5.91 Å². The molecule has 0 aliphatic carbocycles. The molecule has 1 unspecified atom stereocenters. The van der Waals surface area contributed by atoms with Gasteiger partial charge >= 0.3 is 0 Å². The van der Waals surface area contributed by atoms with E-state index in [-0.39, 0.29) is 12.3 Å². The predicted molar refractivity (Wildman–Crippen MR) is 44.3 cm³/mol. The van der Waals surface area contributed by atoms with Crippen LogP contribution in [0.1, 0.15) is 5.56 Å². The summed E-state index contributed by atoms with van der Waals surface area (Å²) in [5.41, 5.74) is 0.808. The topological polar surface area (TPSA) is 62.3 Å². The second-order valence-electron chi connectivity index (χ2n) is 2.80. The number of fused-ring (bicyclic) bond motifs is 1. The Morgan fingerprint density at radius 2 is 2.42 bits per heavy atom. The molecule has 2 rings (SSSR count). The number of amides is 1. The minimum atomic E-state index is -2.48. The molecule has 0 saturated heterocycles. The van der Waals surface area contributed by atoms with Crippen LogP contribution in [0, 0.1) is 0 Å². The van der Waals surface area contributed by atoms with Gasteiger partial charge in [0, 0.05) is 12.5 Å². The summed E-state index contributed by atoms with van der Waals surface area (Å²) >= 11 is 0. The van der Waals surface area contributed by atoms with Crippen molar-refractivity contribution < 1.29 is 9.00 Å². The zero-order valence-corrected chi connectivity index (χ0v) is 7.35. The molecular formula is C7H8N2O2S. The van der Waals surface area contributed by atoms with Gasteiger partial charge in [-0.15, -0.1) is 0 Å². The Bertz CT molecular complexity index is 452. The van der Waals surface area contributed by atoms with Gasteiger partial charge in [-0.05, 0) is 11.6 Å². The minimum Gasteiger partial charge on any atom is -0.354 e. The lowest BCUT2D eigenvalue weighted by Gasteiger charge is -2.09. The second kappa shape index (κ2) is 2.20. The van der Waals surface area contributed by atoms with Crippen LogP contribution >= 0.6 is 0 Å². The number of aromatic amines is 1. The molecule has 1 atom stereocenters. The largest absolute Gasteiger partial charge is 0.354 e. The van der Waals surface area contributed by atoms with Gasteiger partial charge in [0.15, 0.2) is 0 Å². The van der Waals surface area contributed by atoms with Gasteiger partial charge in [0.1, 0.15) is 5.03 Å². The quantitative estimate of drug-likeness (QED) is 0.640. The van der Waals surface area contributed by atoms with Crippen LogP contribution in [0.3, 0.4) is 0 Å². The fourth-order valence-corrected chi connectivity index (χ4v) is 2.77. The van der Waals surface area contributed by atoms with Crippen LogP contribution in [0.25, 0.3) is 0 Å². The third-order valence-corrected chi connectivity index (χ3v) is 3.48. The lowest BCUT2D eigenvalue weighted by atomic mass is 10.2. The Balaban J connectivity index is 2.77. The molecule has 1 aromatic heterocycles. The summed E-state index contributed by atoms with van der Waals surface area (Å²) in [6.07, 6.45) is 3.42. The highest BCUT2D eigenvalue weighted by atomic mass is 32.2. The van der Waals surface area contributed by atoms with Gasteiger partial charge in [0.05, 0.1) is 16.1 Å². The maximum absolute atomic E-state index is 11.7. The molecule has 1 aromatic rings.